The van der Waals surface area contributed by atoms with Crippen molar-refractivity contribution in [1.29, 1.82) is 0 Å². The van der Waals surface area contributed by atoms with E-state index in [-0.39, 0.29) is 23.4 Å². The van der Waals surface area contributed by atoms with Crippen LogP contribution in [0.1, 0.15) is 64.2 Å². The summed E-state index contributed by atoms with van der Waals surface area (Å²) >= 11 is 0. The van der Waals surface area contributed by atoms with E-state index >= 15 is 0 Å². The Balaban J connectivity index is 1.61. The molecule has 0 saturated carbocycles. The van der Waals surface area contributed by atoms with Crippen molar-refractivity contribution in [3.05, 3.63) is 59.2 Å². The second-order valence-corrected chi connectivity index (χ2v) is 7.48. The fourth-order valence-corrected chi connectivity index (χ4v) is 4.03. The van der Waals surface area contributed by atoms with Gasteiger partial charge in [-0.2, -0.15) is 0 Å². The fraction of sp³-hybridized carbons (Fsp3) is 0.348. The third-order valence-corrected chi connectivity index (χ3v) is 5.60. The number of carbonyl (C=O) groups excluding carboxylic acids is 3. The number of carbonyl (C=O) groups is 3. The first kappa shape index (κ1) is 19.2. The minimum atomic E-state index is -0.407. The van der Waals surface area contributed by atoms with E-state index in [1.165, 1.54) is 0 Å². The zero-order chi connectivity index (χ0) is 20.5. The Bertz CT molecular complexity index is 967. The number of rotatable bonds is 4. The molecule has 2 aliphatic rings. The first-order valence-electron chi connectivity index (χ1n) is 10.1. The molecule has 1 unspecified atom stereocenters. The van der Waals surface area contributed by atoms with Gasteiger partial charge in [0, 0.05) is 18.2 Å². The van der Waals surface area contributed by atoms with Crippen LogP contribution in [0.15, 0.2) is 42.5 Å². The zero-order valence-corrected chi connectivity index (χ0v) is 16.7. The number of amides is 3. The number of fused-ring (bicyclic) bond motifs is 1. The lowest BCUT2D eigenvalue weighted by atomic mass is 10.0. The third-order valence-electron chi connectivity index (χ3n) is 5.60. The van der Waals surface area contributed by atoms with Crippen LogP contribution in [0.3, 0.4) is 0 Å². The number of piperidine rings is 1. The van der Waals surface area contributed by atoms with Crippen LogP contribution >= 0.6 is 0 Å². The molecule has 0 aliphatic carbocycles. The largest absolute Gasteiger partial charge is 0.494 e. The first-order chi connectivity index (χ1) is 14.0. The van der Waals surface area contributed by atoms with E-state index in [1.807, 2.05) is 18.7 Å². The molecule has 0 aromatic heterocycles. The number of anilines is 1. The van der Waals surface area contributed by atoms with Gasteiger partial charge in [-0.05, 0) is 75.6 Å². The average Bonchev–Trinajstić information content (AvgIpc) is 2.99. The Labute approximate surface area is 170 Å². The molecule has 2 heterocycles. The minimum absolute atomic E-state index is 0.0835. The van der Waals surface area contributed by atoms with Gasteiger partial charge in [-0.1, -0.05) is 0 Å². The van der Waals surface area contributed by atoms with Gasteiger partial charge in [0.05, 0.1) is 23.4 Å². The highest BCUT2D eigenvalue weighted by Gasteiger charge is 2.37. The summed E-state index contributed by atoms with van der Waals surface area (Å²) in [5.41, 5.74) is 1.54. The van der Waals surface area contributed by atoms with E-state index in [4.69, 9.17) is 4.74 Å². The molecule has 1 fully saturated rings. The Morgan fingerprint density at radius 3 is 2.45 bits per heavy atom. The molecular formula is C23H24N2O4. The van der Waals surface area contributed by atoms with Crippen molar-refractivity contribution in [3.8, 4) is 5.75 Å². The van der Waals surface area contributed by atoms with Crippen molar-refractivity contribution < 1.29 is 19.1 Å². The van der Waals surface area contributed by atoms with Crippen molar-refractivity contribution in [3.63, 3.8) is 0 Å². The number of benzene rings is 2. The maximum absolute atomic E-state index is 13.0. The zero-order valence-electron chi connectivity index (χ0n) is 16.7. The molecule has 2 aromatic carbocycles. The summed E-state index contributed by atoms with van der Waals surface area (Å²) in [4.78, 5) is 41.8. The Morgan fingerprint density at radius 2 is 1.76 bits per heavy atom. The SMILES string of the molecule is CCOc1ccc(N2C(=O)c3ccc(C(=O)N4CCCCC4C)cc3C2=O)cc1. The molecule has 0 bridgehead atoms. The van der Waals surface area contributed by atoms with Crippen LogP contribution in [0, 0.1) is 0 Å². The van der Waals surface area contributed by atoms with Gasteiger partial charge in [-0.15, -0.1) is 0 Å². The van der Waals surface area contributed by atoms with Crippen LogP contribution in [-0.2, 0) is 0 Å². The molecule has 1 saturated heterocycles. The van der Waals surface area contributed by atoms with Crippen LogP contribution in [0.5, 0.6) is 5.75 Å². The van der Waals surface area contributed by atoms with Gasteiger partial charge in [0.15, 0.2) is 0 Å². The maximum Gasteiger partial charge on any atom is 0.266 e. The van der Waals surface area contributed by atoms with E-state index in [2.05, 4.69) is 0 Å². The van der Waals surface area contributed by atoms with Crippen LogP contribution in [0.25, 0.3) is 0 Å². The van der Waals surface area contributed by atoms with Crippen molar-refractivity contribution in [2.45, 2.75) is 39.2 Å². The molecule has 29 heavy (non-hydrogen) atoms. The third kappa shape index (κ3) is 3.39. The summed E-state index contributed by atoms with van der Waals surface area (Å²) in [5, 5.41) is 0. The van der Waals surface area contributed by atoms with Crippen molar-refractivity contribution >= 4 is 23.4 Å². The predicted molar refractivity (Wildman–Crippen MR) is 110 cm³/mol. The number of likely N-dealkylation sites (tertiary alicyclic amines) is 1. The highest BCUT2D eigenvalue weighted by Crippen LogP contribution is 2.31. The lowest BCUT2D eigenvalue weighted by molar-refractivity contribution is 0.0635. The summed E-state index contributed by atoms with van der Waals surface area (Å²) in [6, 6.07) is 11.8. The fourth-order valence-electron chi connectivity index (χ4n) is 4.03. The standard InChI is InChI=1S/C23H24N2O4/c1-3-29-18-10-8-17(9-11-18)25-22(27)19-12-7-16(14-20(19)23(25)28)21(26)24-13-5-4-6-15(24)2/h7-12,14-15H,3-6,13H2,1-2H3. The molecule has 4 rings (SSSR count). The normalized spacial score (nSPS) is 18.8. The molecule has 6 nitrogen and oxygen atoms in total. The number of nitrogens with zero attached hydrogens (tertiary/aromatic N) is 2. The van der Waals surface area contributed by atoms with Crippen LogP contribution in [0.4, 0.5) is 5.69 Å². The molecule has 2 aromatic rings. The second kappa shape index (κ2) is 7.70. The lowest BCUT2D eigenvalue weighted by Crippen LogP contribution is -2.42. The summed E-state index contributed by atoms with van der Waals surface area (Å²) in [5.74, 6) is -0.189. The molecule has 1 atom stereocenters. The van der Waals surface area contributed by atoms with Gasteiger partial charge in [-0.3, -0.25) is 14.4 Å². The molecule has 0 N–H and O–H groups in total. The Hall–Kier alpha value is -3.15. The van der Waals surface area contributed by atoms with Gasteiger partial charge in [-0.25, -0.2) is 4.90 Å². The molecule has 3 amide bonds. The molecule has 0 radical (unpaired) electrons. The Morgan fingerprint density at radius 1 is 1.03 bits per heavy atom. The summed E-state index contributed by atoms with van der Waals surface area (Å²) < 4.78 is 5.42. The molecule has 0 spiro atoms. The second-order valence-electron chi connectivity index (χ2n) is 7.48. The summed E-state index contributed by atoms with van der Waals surface area (Å²) in [6.07, 6.45) is 3.10. The molecule has 150 valence electrons. The predicted octanol–water partition coefficient (Wildman–Crippen LogP) is 3.90. The van der Waals surface area contributed by atoms with Crippen LogP contribution in [0.2, 0.25) is 0 Å². The van der Waals surface area contributed by atoms with Gasteiger partial charge in [0.25, 0.3) is 17.7 Å². The quantitative estimate of drug-likeness (QED) is 0.740. The van der Waals surface area contributed by atoms with Crippen LogP contribution in [-0.4, -0.2) is 41.8 Å². The number of hydrogen-bond donors (Lipinski definition) is 0. The van der Waals surface area contributed by atoms with Gasteiger partial charge < -0.3 is 9.64 Å². The number of hydrogen-bond acceptors (Lipinski definition) is 4. The number of imide groups is 1. The highest BCUT2D eigenvalue weighted by atomic mass is 16.5. The summed E-state index contributed by atoms with van der Waals surface area (Å²) in [6.45, 7) is 5.20. The van der Waals surface area contributed by atoms with Gasteiger partial charge in [0.1, 0.15) is 5.75 Å². The maximum atomic E-state index is 13.0. The van der Waals surface area contributed by atoms with Gasteiger partial charge in [0.2, 0.25) is 0 Å². The van der Waals surface area contributed by atoms with Crippen molar-refractivity contribution in [1.82, 2.24) is 4.90 Å². The molecule has 6 heteroatoms. The summed E-state index contributed by atoms with van der Waals surface area (Å²) in [7, 11) is 0. The monoisotopic (exact) mass is 392 g/mol. The van der Waals surface area contributed by atoms with E-state index in [9.17, 15) is 14.4 Å². The van der Waals surface area contributed by atoms with E-state index in [1.54, 1.807) is 42.5 Å². The van der Waals surface area contributed by atoms with Crippen LogP contribution < -0.4 is 9.64 Å². The van der Waals surface area contributed by atoms with Crippen molar-refractivity contribution in [2.24, 2.45) is 0 Å². The van der Waals surface area contributed by atoms with Gasteiger partial charge >= 0.3 is 0 Å². The van der Waals surface area contributed by atoms with E-state index in [0.717, 1.165) is 30.7 Å². The Kier molecular flexibility index (Phi) is 5.09. The lowest BCUT2D eigenvalue weighted by Gasteiger charge is -2.33. The number of ether oxygens (including phenoxy) is 1. The molecule has 2 aliphatic heterocycles. The smallest absolute Gasteiger partial charge is 0.266 e. The van der Waals surface area contributed by atoms with E-state index in [0.29, 0.717) is 29.2 Å². The van der Waals surface area contributed by atoms with Crippen molar-refractivity contribution in [2.75, 3.05) is 18.1 Å². The van der Waals surface area contributed by atoms with E-state index < -0.39 is 5.91 Å². The topological polar surface area (TPSA) is 66.9 Å². The minimum Gasteiger partial charge on any atom is -0.494 e. The first-order valence-corrected chi connectivity index (χ1v) is 10.1. The highest BCUT2D eigenvalue weighted by molar-refractivity contribution is 6.34. The molecular weight excluding hydrogens is 368 g/mol. The average molecular weight is 392 g/mol.